The van der Waals surface area contributed by atoms with Crippen molar-refractivity contribution in [3.05, 3.63) is 76.4 Å². The van der Waals surface area contributed by atoms with Crippen LogP contribution in [0.1, 0.15) is 53.6 Å². The first-order valence-corrected chi connectivity index (χ1v) is 11.3. The summed E-state index contributed by atoms with van der Waals surface area (Å²) in [7, 11) is 0. The Bertz CT molecular complexity index is 1100. The Labute approximate surface area is 174 Å². The van der Waals surface area contributed by atoms with Crippen molar-refractivity contribution < 1.29 is 9.18 Å². The van der Waals surface area contributed by atoms with Crippen LogP contribution in [0.3, 0.4) is 0 Å². The van der Waals surface area contributed by atoms with Crippen LogP contribution in [-0.2, 0) is 0 Å². The molecule has 0 spiro atoms. The van der Waals surface area contributed by atoms with Gasteiger partial charge >= 0.3 is 0 Å². The molecule has 1 aromatic heterocycles. The van der Waals surface area contributed by atoms with Crippen LogP contribution in [-0.4, -0.2) is 29.8 Å². The van der Waals surface area contributed by atoms with Crippen molar-refractivity contribution in [2.45, 2.75) is 38.1 Å². The van der Waals surface area contributed by atoms with Gasteiger partial charge in [0, 0.05) is 33.8 Å². The topological polar surface area (TPSA) is 20.3 Å². The first-order chi connectivity index (χ1) is 14.2. The highest BCUT2D eigenvalue weighted by Crippen LogP contribution is 2.36. The number of thiophene rings is 1. The zero-order valence-electron chi connectivity index (χ0n) is 16.4. The molecular formula is C25H24FNOS. The summed E-state index contributed by atoms with van der Waals surface area (Å²) in [6.45, 7) is 2.24. The second-order valence-corrected chi connectivity index (χ2v) is 9.02. The molecule has 29 heavy (non-hydrogen) atoms. The summed E-state index contributed by atoms with van der Waals surface area (Å²) in [6.07, 6.45) is 8.68. The van der Waals surface area contributed by atoms with Gasteiger partial charge < -0.3 is 0 Å². The second-order valence-electron chi connectivity index (χ2n) is 8.11. The number of piperidine rings is 1. The van der Waals surface area contributed by atoms with Gasteiger partial charge in [0.2, 0.25) is 0 Å². The third-order valence-electron chi connectivity index (χ3n) is 6.34. The van der Waals surface area contributed by atoms with E-state index in [-0.39, 0.29) is 11.6 Å². The van der Waals surface area contributed by atoms with E-state index in [1.54, 1.807) is 23.5 Å². The number of allylic oxidation sites excluding steroid dienone is 1. The fraction of sp³-hybridized carbons (Fsp3) is 0.320. The maximum atomic E-state index is 13.6. The molecule has 2 aliphatic heterocycles. The molecule has 0 N–H and O–H groups in total. The van der Waals surface area contributed by atoms with Gasteiger partial charge in [-0.15, -0.1) is 11.3 Å². The summed E-state index contributed by atoms with van der Waals surface area (Å²) >= 11 is 1.73. The summed E-state index contributed by atoms with van der Waals surface area (Å²) in [5, 5.41) is 3.38. The monoisotopic (exact) mass is 405 g/mol. The number of halogens is 1. The van der Waals surface area contributed by atoms with Crippen LogP contribution in [0, 0.1) is 5.82 Å². The van der Waals surface area contributed by atoms with E-state index in [0.717, 1.165) is 18.4 Å². The Morgan fingerprint density at radius 3 is 2.86 bits per heavy atom. The van der Waals surface area contributed by atoms with E-state index in [2.05, 4.69) is 16.4 Å². The highest BCUT2D eigenvalue weighted by molar-refractivity contribution is 7.17. The van der Waals surface area contributed by atoms with Crippen molar-refractivity contribution in [2.75, 3.05) is 13.1 Å². The molecule has 3 aromatic rings. The first-order valence-electron chi connectivity index (χ1n) is 10.4. The fourth-order valence-corrected chi connectivity index (χ4v) is 5.70. The highest BCUT2D eigenvalue weighted by Gasteiger charge is 2.25. The molecule has 2 nitrogen and oxygen atoms in total. The number of nitrogens with zero attached hydrogens (tertiary/aromatic N) is 1. The Balaban J connectivity index is 1.48. The average molecular weight is 406 g/mol. The van der Waals surface area contributed by atoms with Crippen LogP contribution in [0.4, 0.5) is 4.39 Å². The molecule has 1 saturated heterocycles. The standard InChI is InChI=1S/C25H24FNOS/c26-20-5-3-4-18(14-20)25(28)19-8-10-24-22(15-19)23(16-29-24)17-7-9-21-6-1-2-12-27(21)13-11-17/h3-5,8,10-11,14-16,21H,1-2,6-7,9,12-13H2. The van der Waals surface area contributed by atoms with E-state index < -0.39 is 0 Å². The number of carbonyl (C=O) groups excluding carboxylic acids is 1. The largest absolute Gasteiger partial charge is 0.297 e. The first kappa shape index (κ1) is 18.7. The van der Waals surface area contributed by atoms with E-state index in [4.69, 9.17) is 0 Å². The smallest absolute Gasteiger partial charge is 0.193 e. The quantitative estimate of drug-likeness (QED) is 0.476. The average Bonchev–Trinajstić information content (AvgIpc) is 3.05. The highest BCUT2D eigenvalue weighted by atomic mass is 32.1. The zero-order chi connectivity index (χ0) is 19.8. The lowest BCUT2D eigenvalue weighted by Gasteiger charge is -2.33. The molecule has 0 aliphatic carbocycles. The van der Waals surface area contributed by atoms with E-state index in [0.29, 0.717) is 17.2 Å². The second kappa shape index (κ2) is 7.85. The molecule has 2 aromatic carbocycles. The van der Waals surface area contributed by atoms with Crippen molar-refractivity contribution in [1.29, 1.82) is 0 Å². The molecule has 148 valence electrons. The van der Waals surface area contributed by atoms with Gasteiger partial charge in [-0.1, -0.05) is 24.6 Å². The van der Waals surface area contributed by atoms with Crippen molar-refractivity contribution in [2.24, 2.45) is 0 Å². The Kier molecular flexibility index (Phi) is 5.06. The number of benzene rings is 2. The van der Waals surface area contributed by atoms with Gasteiger partial charge in [0.25, 0.3) is 0 Å². The van der Waals surface area contributed by atoms with Gasteiger partial charge in [-0.2, -0.15) is 0 Å². The lowest BCUT2D eigenvalue weighted by molar-refractivity contribution is 0.103. The van der Waals surface area contributed by atoms with Gasteiger partial charge in [0.15, 0.2) is 5.78 Å². The Hall–Kier alpha value is -2.30. The maximum Gasteiger partial charge on any atom is 0.193 e. The number of ketones is 1. The molecule has 0 saturated carbocycles. The minimum atomic E-state index is -0.381. The van der Waals surface area contributed by atoms with E-state index in [1.807, 2.05) is 18.2 Å². The third-order valence-corrected chi connectivity index (χ3v) is 7.30. The van der Waals surface area contributed by atoms with Crippen LogP contribution in [0.25, 0.3) is 15.7 Å². The number of hydrogen-bond donors (Lipinski definition) is 0. The van der Waals surface area contributed by atoms with Gasteiger partial charge in [0.05, 0.1) is 0 Å². The molecular weight excluding hydrogens is 381 g/mol. The third kappa shape index (κ3) is 3.67. The minimum Gasteiger partial charge on any atom is -0.297 e. The van der Waals surface area contributed by atoms with Crippen molar-refractivity contribution in [3.8, 4) is 0 Å². The minimum absolute atomic E-state index is 0.129. The lowest BCUT2D eigenvalue weighted by atomic mass is 9.94. The lowest BCUT2D eigenvalue weighted by Crippen LogP contribution is -2.38. The summed E-state index contributed by atoms with van der Waals surface area (Å²) in [6, 6.07) is 12.5. The maximum absolute atomic E-state index is 13.6. The molecule has 1 unspecified atom stereocenters. The molecule has 2 aliphatic rings. The fourth-order valence-electron chi connectivity index (χ4n) is 4.74. The number of fused-ring (bicyclic) bond motifs is 2. The predicted octanol–water partition coefficient (Wildman–Crippen LogP) is 6.30. The zero-order valence-corrected chi connectivity index (χ0v) is 17.2. The van der Waals surface area contributed by atoms with Crippen molar-refractivity contribution in [3.63, 3.8) is 0 Å². The SMILES string of the molecule is O=C(c1cccc(F)c1)c1ccc2scc(C3=CCN4CCCCC4CC3)c2c1. The van der Waals surface area contributed by atoms with E-state index in [1.165, 1.54) is 60.2 Å². The molecule has 5 rings (SSSR count). The normalized spacial score (nSPS) is 20.2. The van der Waals surface area contributed by atoms with Gasteiger partial charge in [-0.25, -0.2) is 4.39 Å². The molecule has 1 atom stereocenters. The summed E-state index contributed by atoms with van der Waals surface area (Å²) in [5.74, 6) is -0.510. The molecule has 0 radical (unpaired) electrons. The van der Waals surface area contributed by atoms with Crippen LogP contribution in [0.15, 0.2) is 53.9 Å². The van der Waals surface area contributed by atoms with Gasteiger partial charge in [-0.05, 0) is 79.1 Å². The van der Waals surface area contributed by atoms with Crippen LogP contribution >= 0.6 is 11.3 Å². The number of carbonyl (C=O) groups is 1. The Morgan fingerprint density at radius 2 is 1.97 bits per heavy atom. The molecule has 1 fully saturated rings. The van der Waals surface area contributed by atoms with E-state index in [9.17, 15) is 9.18 Å². The van der Waals surface area contributed by atoms with Crippen LogP contribution in [0.2, 0.25) is 0 Å². The number of rotatable bonds is 3. The van der Waals surface area contributed by atoms with Crippen LogP contribution < -0.4 is 0 Å². The van der Waals surface area contributed by atoms with Gasteiger partial charge in [-0.3, -0.25) is 9.69 Å². The molecule has 3 heterocycles. The predicted molar refractivity (Wildman–Crippen MR) is 118 cm³/mol. The van der Waals surface area contributed by atoms with Gasteiger partial charge in [0.1, 0.15) is 5.82 Å². The van der Waals surface area contributed by atoms with Crippen LogP contribution in [0.5, 0.6) is 0 Å². The van der Waals surface area contributed by atoms with Crippen molar-refractivity contribution in [1.82, 2.24) is 4.90 Å². The molecule has 0 bridgehead atoms. The summed E-state index contributed by atoms with van der Waals surface area (Å²) in [4.78, 5) is 15.5. The van der Waals surface area contributed by atoms with E-state index >= 15 is 0 Å². The molecule has 0 amide bonds. The number of hydrogen-bond acceptors (Lipinski definition) is 3. The Morgan fingerprint density at radius 1 is 1.07 bits per heavy atom. The summed E-state index contributed by atoms with van der Waals surface area (Å²) in [5.41, 5.74) is 3.68. The van der Waals surface area contributed by atoms with Crippen molar-refractivity contribution >= 4 is 32.8 Å². The molecule has 4 heteroatoms. The summed E-state index contributed by atoms with van der Waals surface area (Å²) < 4.78 is 14.7.